The zero-order chi connectivity index (χ0) is 13.1. The van der Waals surface area contributed by atoms with Crippen molar-refractivity contribution in [1.82, 2.24) is 5.32 Å². The number of carbonyl (C=O) groups excluding carboxylic acids is 1. The van der Waals surface area contributed by atoms with Crippen LogP contribution in [0.2, 0.25) is 0 Å². The molecule has 0 aliphatic heterocycles. The van der Waals surface area contributed by atoms with Gasteiger partial charge in [-0.25, -0.2) is 4.79 Å². The fraction of sp³-hybridized carbons (Fsp3) is 0.500. The zero-order valence-electron chi connectivity index (χ0n) is 10.2. The normalized spacial score (nSPS) is 13.1. The van der Waals surface area contributed by atoms with E-state index in [0.29, 0.717) is 0 Å². The molecule has 1 amide bonds. The summed E-state index contributed by atoms with van der Waals surface area (Å²) in [6.07, 6.45) is 0.234. The van der Waals surface area contributed by atoms with Crippen molar-refractivity contribution in [2.45, 2.75) is 33.2 Å². The van der Waals surface area contributed by atoms with Gasteiger partial charge in [0.1, 0.15) is 6.04 Å². The van der Waals surface area contributed by atoms with Crippen LogP contribution in [-0.4, -0.2) is 23.0 Å². The van der Waals surface area contributed by atoms with E-state index >= 15 is 0 Å². The molecule has 0 spiro atoms. The number of carboxylic acid groups (broad SMARTS) is 1. The Morgan fingerprint density at radius 2 is 2.12 bits per heavy atom. The average molecular weight is 255 g/mol. The molecule has 5 heteroatoms. The second-order valence-corrected chi connectivity index (χ2v) is 5.99. The van der Waals surface area contributed by atoms with Gasteiger partial charge in [0.15, 0.2) is 0 Å². The Balaban J connectivity index is 2.62. The minimum absolute atomic E-state index is 0.234. The van der Waals surface area contributed by atoms with E-state index in [2.05, 4.69) is 5.32 Å². The molecule has 0 radical (unpaired) electrons. The molecule has 0 aromatic carbocycles. The van der Waals surface area contributed by atoms with Gasteiger partial charge in [0.25, 0.3) is 0 Å². The van der Waals surface area contributed by atoms with Crippen molar-refractivity contribution in [3.63, 3.8) is 0 Å². The highest BCUT2D eigenvalue weighted by Gasteiger charge is 2.32. The van der Waals surface area contributed by atoms with Crippen molar-refractivity contribution < 1.29 is 14.7 Å². The van der Waals surface area contributed by atoms with E-state index in [-0.39, 0.29) is 12.3 Å². The molecule has 94 valence electrons. The summed E-state index contributed by atoms with van der Waals surface area (Å²) < 4.78 is 0. The van der Waals surface area contributed by atoms with Crippen LogP contribution in [0.1, 0.15) is 25.6 Å². The highest BCUT2D eigenvalue weighted by molar-refractivity contribution is 7.10. The van der Waals surface area contributed by atoms with Gasteiger partial charge in [0.05, 0.1) is 6.42 Å². The maximum Gasteiger partial charge on any atom is 0.326 e. The Labute approximate surface area is 105 Å². The molecule has 4 nitrogen and oxygen atoms in total. The number of hydrogen-bond acceptors (Lipinski definition) is 3. The number of aliphatic carboxylic acids is 1. The molecule has 0 saturated heterocycles. The molecule has 0 unspecified atom stereocenters. The highest BCUT2D eigenvalue weighted by atomic mass is 32.1. The van der Waals surface area contributed by atoms with Crippen LogP contribution in [0, 0.1) is 5.41 Å². The summed E-state index contributed by atoms with van der Waals surface area (Å²) >= 11 is 1.49. The molecule has 0 saturated carbocycles. The number of nitrogens with one attached hydrogen (secondary N) is 1. The first kappa shape index (κ1) is 13.7. The Hall–Kier alpha value is -1.36. The fourth-order valence-corrected chi connectivity index (χ4v) is 2.14. The smallest absolute Gasteiger partial charge is 0.326 e. The third-order valence-corrected chi connectivity index (χ3v) is 3.21. The van der Waals surface area contributed by atoms with Crippen LogP contribution >= 0.6 is 11.3 Å². The van der Waals surface area contributed by atoms with Crippen LogP contribution < -0.4 is 5.32 Å². The van der Waals surface area contributed by atoms with Crippen molar-refractivity contribution in [2.24, 2.45) is 5.41 Å². The lowest BCUT2D eigenvalue weighted by Gasteiger charge is -2.27. The molecule has 2 N–H and O–H groups in total. The average Bonchev–Trinajstić information content (AvgIpc) is 2.64. The predicted molar refractivity (Wildman–Crippen MR) is 67.0 cm³/mol. The summed E-state index contributed by atoms with van der Waals surface area (Å²) in [5, 5.41) is 13.5. The van der Waals surface area contributed by atoms with Gasteiger partial charge >= 0.3 is 5.97 Å². The monoisotopic (exact) mass is 255 g/mol. The molecule has 0 aliphatic rings. The molecular weight excluding hydrogens is 238 g/mol. The second kappa shape index (κ2) is 5.31. The van der Waals surface area contributed by atoms with Gasteiger partial charge in [-0.3, -0.25) is 4.79 Å². The van der Waals surface area contributed by atoms with Gasteiger partial charge in [0, 0.05) is 4.88 Å². The first-order valence-corrected chi connectivity index (χ1v) is 6.23. The Morgan fingerprint density at radius 1 is 1.47 bits per heavy atom. The van der Waals surface area contributed by atoms with E-state index in [1.165, 1.54) is 11.3 Å². The number of rotatable bonds is 4. The minimum Gasteiger partial charge on any atom is -0.480 e. The molecule has 17 heavy (non-hydrogen) atoms. The summed E-state index contributed by atoms with van der Waals surface area (Å²) in [4.78, 5) is 23.7. The van der Waals surface area contributed by atoms with Crippen molar-refractivity contribution in [3.8, 4) is 0 Å². The van der Waals surface area contributed by atoms with Crippen LogP contribution in [0.3, 0.4) is 0 Å². The van der Waals surface area contributed by atoms with Gasteiger partial charge in [-0.2, -0.15) is 0 Å². The van der Waals surface area contributed by atoms with Crippen molar-refractivity contribution in [1.29, 1.82) is 0 Å². The van der Waals surface area contributed by atoms with Crippen molar-refractivity contribution in [3.05, 3.63) is 22.4 Å². The lowest BCUT2D eigenvalue weighted by atomic mass is 9.86. The standard InChI is InChI=1S/C12H17NO3S/c1-12(2,3)10(11(15)16)13-9(14)7-8-5-4-6-17-8/h4-6,10H,7H2,1-3H3,(H,13,14)(H,15,16)/t10-/m1/s1. The zero-order valence-corrected chi connectivity index (χ0v) is 11.0. The first-order chi connectivity index (χ1) is 7.80. The van der Waals surface area contributed by atoms with E-state index in [4.69, 9.17) is 5.11 Å². The van der Waals surface area contributed by atoms with E-state index < -0.39 is 17.4 Å². The number of amides is 1. The second-order valence-electron chi connectivity index (χ2n) is 4.96. The largest absolute Gasteiger partial charge is 0.480 e. The minimum atomic E-state index is -1.00. The van der Waals surface area contributed by atoms with Gasteiger partial charge in [-0.15, -0.1) is 11.3 Å². The van der Waals surface area contributed by atoms with E-state index in [1.54, 1.807) is 20.8 Å². The summed E-state index contributed by atoms with van der Waals surface area (Å²) in [6.45, 7) is 5.37. The van der Waals surface area contributed by atoms with Crippen LogP contribution in [0.15, 0.2) is 17.5 Å². The van der Waals surface area contributed by atoms with Crippen molar-refractivity contribution in [2.75, 3.05) is 0 Å². The summed E-state index contributed by atoms with van der Waals surface area (Å²) in [5.41, 5.74) is -0.503. The Kier molecular flexibility index (Phi) is 4.28. The van der Waals surface area contributed by atoms with Gasteiger partial charge in [-0.1, -0.05) is 26.8 Å². The molecule has 1 atom stereocenters. The lowest BCUT2D eigenvalue weighted by Crippen LogP contribution is -2.49. The van der Waals surface area contributed by atoms with E-state index in [9.17, 15) is 9.59 Å². The molecule has 1 heterocycles. The quantitative estimate of drug-likeness (QED) is 0.863. The Bertz CT molecular complexity index is 392. The molecule has 1 aromatic rings. The number of hydrogen-bond donors (Lipinski definition) is 2. The number of thiophene rings is 1. The maximum atomic E-state index is 11.7. The van der Waals surface area contributed by atoms with E-state index in [0.717, 1.165) is 4.88 Å². The SMILES string of the molecule is CC(C)(C)[C@H](NC(=O)Cc1cccs1)C(=O)O. The molecular formula is C12H17NO3S. The third-order valence-electron chi connectivity index (χ3n) is 2.33. The molecule has 0 aliphatic carbocycles. The molecule has 0 fully saturated rings. The van der Waals surface area contributed by atoms with Crippen LogP contribution in [0.4, 0.5) is 0 Å². The summed E-state index contributed by atoms with van der Waals surface area (Å²) in [6, 6.07) is 2.86. The topological polar surface area (TPSA) is 66.4 Å². The molecule has 1 aromatic heterocycles. The van der Waals surface area contributed by atoms with Gasteiger partial charge in [-0.05, 0) is 16.9 Å². The lowest BCUT2D eigenvalue weighted by molar-refractivity contribution is -0.144. The van der Waals surface area contributed by atoms with Gasteiger partial charge in [0.2, 0.25) is 5.91 Å². The molecule has 0 bridgehead atoms. The summed E-state index contributed by atoms with van der Waals surface area (Å²) in [5.74, 6) is -1.26. The fourth-order valence-electron chi connectivity index (χ4n) is 1.43. The summed E-state index contributed by atoms with van der Waals surface area (Å²) in [7, 11) is 0. The maximum absolute atomic E-state index is 11.7. The van der Waals surface area contributed by atoms with Crippen LogP contribution in [0.25, 0.3) is 0 Å². The number of carbonyl (C=O) groups is 2. The van der Waals surface area contributed by atoms with E-state index in [1.807, 2.05) is 17.5 Å². The van der Waals surface area contributed by atoms with Crippen molar-refractivity contribution >= 4 is 23.2 Å². The first-order valence-electron chi connectivity index (χ1n) is 5.35. The predicted octanol–water partition coefficient (Wildman–Crippen LogP) is 1.91. The number of carboxylic acids is 1. The van der Waals surface area contributed by atoms with Gasteiger partial charge < -0.3 is 10.4 Å². The highest BCUT2D eigenvalue weighted by Crippen LogP contribution is 2.19. The Morgan fingerprint density at radius 3 is 2.53 bits per heavy atom. The van der Waals surface area contributed by atoms with Crippen LogP contribution in [-0.2, 0) is 16.0 Å². The third kappa shape index (κ3) is 4.19. The molecule has 1 rings (SSSR count). The van der Waals surface area contributed by atoms with Crippen LogP contribution in [0.5, 0.6) is 0 Å².